The van der Waals surface area contributed by atoms with Gasteiger partial charge in [0.25, 0.3) is 0 Å². The molecule has 0 amide bonds. The Hall–Kier alpha value is -4.60. The van der Waals surface area contributed by atoms with E-state index in [1.54, 1.807) is 24.2 Å². The highest BCUT2D eigenvalue weighted by Gasteiger charge is 2.13. The van der Waals surface area contributed by atoms with E-state index in [1.807, 2.05) is 55.5 Å². The summed E-state index contributed by atoms with van der Waals surface area (Å²) in [5.41, 5.74) is 9.54. The van der Waals surface area contributed by atoms with Crippen molar-refractivity contribution in [3.63, 3.8) is 0 Å². The molecule has 0 saturated carbocycles. The minimum atomic E-state index is -0.159. The number of benzene rings is 2. The standard InChI is InChI=1S/C23H23N7O3/c1-15-3-7-18(8-4-15)30-14-26-23(28-30)27-17-11-20(21(25-12-17)22(24)29-31)33-13-16-5-9-19(32-2)10-6-16/h3-12,14,31H,13H2,1-2H3,(H2,24,29)(H,27,28). The monoisotopic (exact) mass is 445 g/mol. The highest BCUT2D eigenvalue weighted by atomic mass is 16.5. The first-order valence-corrected chi connectivity index (χ1v) is 10.0. The van der Waals surface area contributed by atoms with E-state index in [1.165, 1.54) is 6.20 Å². The number of amidine groups is 1. The van der Waals surface area contributed by atoms with Crippen LogP contribution in [0.5, 0.6) is 11.5 Å². The topological polar surface area (TPSA) is 133 Å². The van der Waals surface area contributed by atoms with Crippen molar-refractivity contribution in [1.29, 1.82) is 0 Å². The molecule has 0 aliphatic heterocycles. The molecular weight excluding hydrogens is 422 g/mol. The van der Waals surface area contributed by atoms with Gasteiger partial charge in [0.1, 0.15) is 18.7 Å². The van der Waals surface area contributed by atoms with Gasteiger partial charge in [0.05, 0.1) is 24.7 Å². The van der Waals surface area contributed by atoms with Crippen molar-refractivity contribution in [2.75, 3.05) is 12.4 Å². The third-order valence-corrected chi connectivity index (χ3v) is 4.80. The molecule has 0 aliphatic carbocycles. The van der Waals surface area contributed by atoms with Crippen molar-refractivity contribution in [2.24, 2.45) is 10.9 Å². The number of pyridine rings is 1. The van der Waals surface area contributed by atoms with E-state index < -0.39 is 0 Å². The summed E-state index contributed by atoms with van der Waals surface area (Å²) in [4.78, 5) is 8.57. The molecule has 0 radical (unpaired) electrons. The number of rotatable bonds is 8. The molecule has 2 aromatic heterocycles. The Morgan fingerprint density at radius 1 is 1.12 bits per heavy atom. The first-order chi connectivity index (χ1) is 16.1. The Kier molecular flexibility index (Phi) is 6.35. The fourth-order valence-electron chi connectivity index (χ4n) is 3.02. The van der Waals surface area contributed by atoms with Gasteiger partial charge < -0.3 is 25.7 Å². The van der Waals surface area contributed by atoms with Crippen LogP contribution >= 0.6 is 0 Å². The van der Waals surface area contributed by atoms with Crippen LogP contribution in [-0.4, -0.2) is 37.9 Å². The average Bonchev–Trinajstić information content (AvgIpc) is 3.31. The number of methoxy groups -OCH3 is 1. The predicted octanol–water partition coefficient (Wildman–Crippen LogP) is 3.40. The van der Waals surface area contributed by atoms with Crippen LogP contribution in [-0.2, 0) is 6.61 Å². The molecule has 10 heteroatoms. The van der Waals surface area contributed by atoms with Gasteiger partial charge in [-0.1, -0.05) is 35.0 Å². The zero-order valence-electron chi connectivity index (χ0n) is 18.1. The second kappa shape index (κ2) is 9.69. The molecule has 0 atom stereocenters. The summed E-state index contributed by atoms with van der Waals surface area (Å²) < 4.78 is 12.8. The Labute approximate surface area is 190 Å². The molecule has 4 N–H and O–H groups in total. The fourth-order valence-corrected chi connectivity index (χ4v) is 3.02. The Morgan fingerprint density at radius 2 is 1.88 bits per heavy atom. The van der Waals surface area contributed by atoms with Crippen molar-refractivity contribution in [1.82, 2.24) is 19.7 Å². The van der Waals surface area contributed by atoms with E-state index >= 15 is 0 Å². The normalized spacial score (nSPS) is 11.3. The molecule has 2 heterocycles. The molecule has 10 nitrogen and oxygen atoms in total. The number of hydrogen-bond acceptors (Lipinski definition) is 8. The number of aryl methyl sites for hydroxylation is 1. The number of aromatic nitrogens is 4. The zero-order chi connectivity index (χ0) is 23.2. The summed E-state index contributed by atoms with van der Waals surface area (Å²) in [5.74, 6) is 1.31. The van der Waals surface area contributed by atoms with Gasteiger partial charge in [0.15, 0.2) is 17.3 Å². The molecule has 33 heavy (non-hydrogen) atoms. The molecule has 0 aliphatic rings. The first-order valence-electron chi connectivity index (χ1n) is 10.0. The Balaban J connectivity index is 1.53. The number of ether oxygens (including phenoxy) is 2. The van der Waals surface area contributed by atoms with Crippen LogP contribution < -0.4 is 20.5 Å². The number of hydrogen-bond donors (Lipinski definition) is 3. The van der Waals surface area contributed by atoms with Crippen molar-refractivity contribution in [3.8, 4) is 17.2 Å². The lowest BCUT2D eigenvalue weighted by atomic mass is 10.2. The molecular formula is C23H23N7O3. The van der Waals surface area contributed by atoms with Crippen LogP contribution in [0.15, 0.2) is 72.3 Å². The number of anilines is 2. The van der Waals surface area contributed by atoms with Gasteiger partial charge in [0, 0.05) is 6.07 Å². The molecule has 0 spiro atoms. The minimum Gasteiger partial charge on any atom is -0.497 e. The summed E-state index contributed by atoms with van der Waals surface area (Å²) in [6, 6.07) is 17.1. The second-order valence-electron chi connectivity index (χ2n) is 7.17. The lowest BCUT2D eigenvalue weighted by Gasteiger charge is -2.12. The quantitative estimate of drug-likeness (QED) is 0.163. The largest absolute Gasteiger partial charge is 0.497 e. The van der Waals surface area contributed by atoms with Crippen LogP contribution in [0.2, 0.25) is 0 Å². The first kappa shape index (κ1) is 21.6. The fraction of sp³-hybridized carbons (Fsp3) is 0.130. The van der Waals surface area contributed by atoms with E-state index in [2.05, 4.69) is 25.5 Å². The smallest absolute Gasteiger partial charge is 0.246 e. The van der Waals surface area contributed by atoms with E-state index in [9.17, 15) is 0 Å². The molecule has 2 aromatic carbocycles. The van der Waals surface area contributed by atoms with Crippen molar-refractivity contribution in [3.05, 3.63) is 83.9 Å². The summed E-state index contributed by atoms with van der Waals surface area (Å²) in [7, 11) is 1.61. The van der Waals surface area contributed by atoms with Crippen molar-refractivity contribution in [2.45, 2.75) is 13.5 Å². The number of nitrogens with two attached hydrogens (primary N) is 1. The average molecular weight is 445 g/mol. The van der Waals surface area contributed by atoms with Crippen molar-refractivity contribution < 1.29 is 14.7 Å². The van der Waals surface area contributed by atoms with Gasteiger partial charge in [0.2, 0.25) is 5.95 Å². The van der Waals surface area contributed by atoms with Crippen LogP contribution in [0, 0.1) is 6.92 Å². The minimum absolute atomic E-state index is 0.159. The number of oxime groups is 1. The van der Waals surface area contributed by atoms with Gasteiger partial charge in [-0.3, -0.25) is 0 Å². The van der Waals surface area contributed by atoms with E-state index in [4.69, 9.17) is 20.4 Å². The number of nitrogens with one attached hydrogen (secondary N) is 1. The molecule has 168 valence electrons. The number of nitrogens with zero attached hydrogens (tertiary/aromatic N) is 5. The molecule has 0 fully saturated rings. The van der Waals surface area contributed by atoms with Gasteiger partial charge in [-0.15, -0.1) is 5.10 Å². The second-order valence-corrected chi connectivity index (χ2v) is 7.17. The van der Waals surface area contributed by atoms with Gasteiger partial charge in [-0.25, -0.2) is 9.67 Å². The highest BCUT2D eigenvalue weighted by Crippen LogP contribution is 2.24. The van der Waals surface area contributed by atoms with E-state index in [0.717, 1.165) is 22.6 Å². The molecule has 0 bridgehead atoms. The maximum Gasteiger partial charge on any atom is 0.246 e. The molecule has 0 unspecified atom stereocenters. The Bertz CT molecular complexity index is 1250. The maximum absolute atomic E-state index is 9.10. The maximum atomic E-state index is 9.10. The van der Waals surface area contributed by atoms with E-state index in [0.29, 0.717) is 17.4 Å². The predicted molar refractivity (Wildman–Crippen MR) is 123 cm³/mol. The third kappa shape index (κ3) is 5.18. The van der Waals surface area contributed by atoms with E-state index in [-0.39, 0.29) is 18.1 Å². The molecule has 4 rings (SSSR count). The van der Waals surface area contributed by atoms with Crippen LogP contribution in [0.25, 0.3) is 5.69 Å². The third-order valence-electron chi connectivity index (χ3n) is 4.80. The SMILES string of the molecule is COc1ccc(COc2cc(Nc3ncn(-c4ccc(C)cc4)n3)cnc2/C(N)=N/O)cc1. The van der Waals surface area contributed by atoms with Crippen LogP contribution in [0.1, 0.15) is 16.8 Å². The van der Waals surface area contributed by atoms with Gasteiger partial charge in [-0.05, 0) is 36.8 Å². The van der Waals surface area contributed by atoms with Crippen LogP contribution in [0.4, 0.5) is 11.6 Å². The molecule has 0 saturated heterocycles. The van der Waals surface area contributed by atoms with Gasteiger partial charge in [-0.2, -0.15) is 4.98 Å². The highest BCUT2D eigenvalue weighted by molar-refractivity contribution is 5.98. The Morgan fingerprint density at radius 3 is 2.58 bits per heavy atom. The zero-order valence-corrected chi connectivity index (χ0v) is 18.1. The van der Waals surface area contributed by atoms with Crippen molar-refractivity contribution >= 4 is 17.5 Å². The van der Waals surface area contributed by atoms with Gasteiger partial charge >= 0.3 is 0 Å². The molecule has 4 aromatic rings. The van der Waals surface area contributed by atoms with Crippen LogP contribution in [0.3, 0.4) is 0 Å². The summed E-state index contributed by atoms with van der Waals surface area (Å²) >= 11 is 0. The summed E-state index contributed by atoms with van der Waals surface area (Å²) in [6.07, 6.45) is 3.15. The summed E-state index contributed by atoms with van der Waals surface area (Å²) in [6.45, 7) is 2.28. The summed E-state index contributed by atoms with van der Waals surface area (Å²) in [5, 5.41) is 19.7. The lowest BCUT2D eigenvalue weighted by molar-refractivity contribution is 0.301. The lowest BCUT2D eigenvalue weighted by Crippen LogP contribution is -2.17.